The van der Waals surface area contributed by atoms with Gasteiger partial charge in [-0.3, -0.25) is 14.8 Å². The van der Waals surface area contributed by atoms with Crippen LogP contribution in [-0.4, -0.2) is 58.7 Å². The molecule has 324 valence electrons. The molecule has 2 atom stereocenters. The van der Waals surface area contributed by atoms with Crippen molar-refractivity contribution in [3.63, 3.8) is 0 Å². The molecule has 0 bridgehead atoms. The number of nitrogens with one attached hydrogen (secondary N) is 1. The van der Waals surface area contributed by atoms with Gasteiger partial charge in [-0.2, -0.15) is 8.61 Å². The number of aliphatic carboxylic acids is 1. The van der Waals surface area contributed by atoms with Crippen LogP contribution >= 0.6 is 22.7 Å². The molecule has 2 aliphatic rings. The standard InChI is InChI=1S/C44H49N3O10S4/c48-41(45-51)43(35-9-3-1-4-10-35,46(27-37-13-7-21-56-37)60(52,53)29-31-15-17-39-33(25-31)19-23-58-39)44(42(49)50,36-11-5-2-6-12-36)47(28-38-14-8-22-57-38)61(54,55)30-32-16-18-40-34(26-32)20-24-59-40/h7-8,13-26,35-36,51H,1-6,9-12,27-30H2,(H,45,48)(H,49,50)/t43-,44?/m0/s1. The number of thiophene rings is 2. The molecule has 2 aromatic carbocycles. The highest BCUT2D eigenvalue weighted by atomic mass is 32.2. The molecule has 17 heteroatoms. The zero-order valence-corrected chi connectivity index (χ0v) is 36.7. The topological polar surface area (TPSA) is 188 Å². The van der Waals surface area contributed by atoms with Crippen LogP contribution in [0.5, 0.6) is 0 Å². The van der Waals surface area contributed by atoms with Gasteiger partial charge in [0.15, 0.2) is 5.54 Å². The Balaban J connectivity index is 1.45. The van der Waals surface area contributed by atoms with Crippen molar-refractivity contribution in [1.82, 2.24) is 14.1 Å². The SMILES string of the molecule is O=C(O)C(C1CCCCC1)(N(Cc1ccco1)S(=O)(=O)Cc1ccc2sccc2c1)[C@@](C(=O)NO)(C1CCCCC1)N(Cc1ccco1)S(=O)(=O)Cc1ccc2sccc2c1. The molecule has 1 amide bonds. The van der Waals surface area contributed by atoms with Gasteiger partial charge in [0, 0.05) is 9.40 Å². The minimum absolute atomic E-state index is 0.0877. The summed E-state index contributed by atoms with van der Waals surface area (Å²) in [7, 11) is -9.69. The number of hydrogen-bond acceptors (Lipinski definition) is 11. The fourth-order valence-electron chi connectivity index (χ4n) is 10.2. The lowest BCUT2D eigenvalue weighted by atomic mass is 9.56. The first kappa shape index (κ1) is 43.3. The highest BCUT2D eigenvalue weighted by Crippen LogP contribution is 2.56. The predicted octanol–water partition coefficient (Wildman–Crippen LogP) is 8.89. The van der Waals surface area contributed by atoms with E-state index in [1.807, 2.05) is 35.0 Å². The van der Waals surface area contributed by atoms with Gasteiger partial charge < -0.3 is 13.9 Å². The number of sulfonamides is 2. The molecule has 3 N–H and O–H groups in total. The van der Waals surface area contributed by atoms with Crippen LogP contribution in [0.2, 0.25) is 0 Å². The number of amides is 1. The van der Waals surface area contributed by atoms with Gasteiger partial charge in [0.1, 0.15) is 17.1 Å². The number of carboxylic acid groups (broad SMARTS) is 1. The largest absolute Gasteiger partial charge is 0.480 e. The molecule has 1 unspecified atom stereocenters. The van der Waals surface area contributed by atoms with E-state index in [-0.39, 0.29) is 37.2 Å². The summed E-state index contributed by atoms with van der Waals surface area (Å²) in [4.78, 5) is 30.9. The van der Waals surface area contributed by atoms with E-state index in [4.69, 9.17) is 8.83 Å². The minimum Gasteiger partial charge on any atom is -0.480 e. The molecule has 0 radical (unpaired) electrons. The molecular formula is C44H49N3O10S4. The van der Waals surface area contributed by atoms with Crippen molar-refractivity contribution in [3.8, 4) is 0 Å². The maximum absolute atomic E-state index is 15.8. The Hall–Kier alpha value is -4.36. The number of nitrogens with zero attached hydrogens (tertiary/aromatic N) is 2. The van der Waals surface area contributed by atoms with Gasteiger partial charge in [0.2, 0.25) is 20.0 Å². The summed E-state index contributed by atoms with van der Waals surface area (Å²) in [6.07, 6.45) is 6.80. The van der Waals surface area contributed by atoms with Gasteiger partial charge in [-0.25, -0.2) is 22.3 Å². The van der Waals surface area contributed by atoms with Crippen LogP contribution in [-0.2, 0) is 54.2 Å². The van der Waals surface area contributed by atoms with Crippen LogP contribution in [0.25, 0.3) is 20.2 Å². The quantitative estimate of drug-likeness (QED) is 0.0589. The van der Waals surface area contributed by atoms with Gasteiger partial charge in [-0.05, 0) is 131 Å². The minimum atomic E-state index is -4.85. The Bertz CT molecular complexity index is 2680. The number of hydroxylamine groups is 1. The molecule has 4 aromatic heterocycles. The third-order valence-corrected chi connectivity index (χ3v) is 18.1. The van der Waals surface area contributed by atoms with Crippen molar-refractivity contribution in [2.45, 2.75) is 99.9 Å². The molecule has 6 aromatic rings. The van der Waals surface area contributed by atoms with Crippen LogP contribution in [0.4, 0.5) is 0 Å². The second-order valence-electron chi connectivity index (χ2n) is 16.2. The maximum Gasteiger partial charge on any atom is 0.328 e. The Labute approximate surface area is 363 Å². The molecule has 2 saturated carbocycles. The molecule has 2 fully saturated rings. The van der Waals surface area contributed by atoms with E-state index >= 15 is 26.4 Å². The Morgan fingerprint density at radius 2 is 1.10 bits per heavy atom. The summed E-state index contributed by atoms with van der Waals surface area (Å²) < 4.78 is 78.3. The van der Waals surface area contributed by atoms with E-state index in [0.717, 1.165) is 41.6 Å². The Morgan fingerprint density at radius 1 is 0.656 bits per heavy atom. The number of hydrogen-bond donors (Lipinski definition) is 3. The summed E-state index contributed by atoms with van der Waals surface area (Å²) in [6, 6.07) is 20.4. The van der Waals surface area contributed by atoms with Crippen LogP contribution in [0.1, 0.15) is 86.9 Å². The second kappa shape index (κ2) is 17.8. The van der Waals surface area contributed by atoms with Crippen molar-refractivity contribution in [2.75, 3.05) is 0 Å². The number of carbonyl (C=O) groups excluding carboxylic acids is 1. The number of carboxylic acids is 1. The normalized spacial score (nSPS) is 18.1. The second-order valence-corrected chi connectivity index (χ2v) is 21.9. The third-order valence-electron chi connectivity index (χ3n) is 12.7. The Kier molecular flexibility index (Phi) is 12.6. The van der Waals surface area contributed by atoms with Crippen molar-refractivity contribution >= 4 is 74.8 Å². The van der Waals surface area contributed by atoms with E-state index in [9.17, 15) is 10.3 Å². The first-order valence-electron chi connectivity index (χ1n) is 20.6. The lowest BCUT2D eigenvalue weighted by molar-refractivity contribution is -0.184. The van der Waals surface area contributed by atoms with Gasteiger partial charge in [-0.15, -0.1) is 22.7 Å². The lowest BCUT2D eigenvalue weighted by Crippen LogP contribution is -2.84. The molecule has 61 heavy (non-hydrogen) atoms. The average Bonchev–Trinajstić information content (AvgIpc) is 4.11. The van der Waals surface area contributed by atoms with Crippen LogP contribution in [0, 0.1) is 11.8 Å². The molecule has 13 nitrogen and oxygen atoms in total. The van der Waals surface area contributed by atoms with E-state index in [1.165, 1.54) is 47.3 Å². The molecule has 0 saturated heterocycles. The van der Waals surface area contributed by atoms with Gasteiger partial charge in [-0.1, -0.05) is 50.7 Å². The molecule has 2 aliphatic carbocycles. The number of carbonyl (C=O) groups is 2. The van der Waals surface area contributed by atoms with Gasteiger partial charge in [0.25, 0.3) is 5.91 Å². The van der Waals surface area contributed by atoms with Crippen molar-refractivity contribution in [3.05, 3.63) is 119 Å². The molecule has 0 aliphatic heterocycles. The monoisotopic (exact) mass is 907 g/mol. The highest BCUT2D eigenvalue weighted by Gasteiger charge is 2.76. The van der Waals surface area contributed by atoms with Gasteiger partial charge in [0.05, 0.1) is 37.1 Å². The number of benzene rings is 2. The molecular weight excluding hydrogens is 859 g/mol. The summed E-state index contributed by atoms with van der Waals surface area (Å²) >= 11 is 2.99. The maximum atomic E-state index is 15.8. The number of rotatable bonds is 17. The molecule has 8 rings (SSSR count). The smallest absolute Gasteiger partial charge is 0.328 e. The predicted molar refractivity (Wildman–Crippen MR) is 234 cm³/mol. The summed E-state index contributed by atoms with van der Waals surface area (Å²) in [6.45, 7) is -1.28. The van der Waals surface area contributed by atoms with Crippen molar-refractivity contribution < 1.29 is 45.6 Å². The molecule has 4 heterocycles. The average molecular weight is 908 g/mol. The number of furan rings is 2. The van der Waals surface area contributed by atoms with E-state index in [2.05, 4.69) is 0 Å². The summed E-state index contributed by atoms with van der Waals surface area (Å²) in [5.41, 5.74) is -3.15. The fourth-order valence-corrected chi connectivity index (χ4v) is 15.5. The Morgan fingerprint density at radius 3 is 1.51 bits per heavy atom. The van der Waals surface area contributed by atoms with Crippen LogP contribution < -0.4 is 5.48 Å². The fraction of sp³-hybridized carbons (Fsp3) is 0.409. The van der Waals surface area contributed by atoms with Gasteiger partial charge >= 0.3 is 5.97 Å². The highest BCUT2D eigenvalue weighted by molar-refractivity contribution is 7.88. The first-order valence-corrected chi connectivity index (χ1v) is 25.5. The van der Waals surface area contributed by atoms with E-state index < -0.39 is 79.4 Å². The zero-order valence-electron chi connectivity index (χ0n) is 33.5. The third kappa shape index (κ3) is 8.09. The zero-order chi connectivity index (χ0) is 42.8. The summed E-state index contributed by atoms with van der Waals surface area (Å²) in [5.74, 6) is -6.38. The van der Waals surface area contributed by atoms with E-state index in [0.29, 0.717) is 36.8 Å². The molecule has 0 spiro atoms. The van der Waals surface area contributed by atoms with E-state index in [1.54, 1.807) is 41.9 Å². The number of fused-ring (bicyclic) bond motifs is 2. The van der Waals surface area contributed by atoms with Crippen LogP contribution in [0.15, 0.2) is 105 Å². The lowest BCUT2D eigenvalue weighted by Gasteiger charge is -2.61. The summed E-state index contributed by atoms with van der Waals surface area (Å²) in [5, 5.41) is 28.9. The first-order chi connectivity index (χ1) is 29.4. The van der Waals surface area contributed by atoms with Crippen molar-refractivity contribution in [1.29, 1.82) is 0 Å². The van der Waals surface area contributed by atoms with Crippen molar-refractivity contribution in [2.24, 2.45) is 11.8 Å². The van der Waals surface area contributed by atoms with Crippen LogP contribution in [0.3, 0.4) is 0 Å².